The van der Waals surface area contributed by atoms with Gasteiger partial charge in [0, 0.05) is 12.6 Å². The maximum Gasteiger partial charge on any atom is 0.330 e. The maximum absolute atomic E-state index is 12.0. The summed E-state index contributed by atoms with van der Waals surface area (Å²) in [7, 11) is 0. The molecule has 1 heterocycles. The van der Waals surface area contributed by atoms with Crippen LogP contribution in [0.5, 0.6) is 0 Å². The summed E-state index contributed by atoms with van der Waals surface area (Å²) in [5.74, 6) is -0.645. The van der Waals surface area contributed by atoms with Gasteiger partial charge >= 0.3 is 11.9 Å². The number of rotatable bonds is 7. The van der Waals surface area contributed by atoms with E-state index >= 15 is 0 Å². The molecule has 1 saturated heterocycles. The predicted molar refractivity (Wildman–Crippen MR) is 82.0 cm³/mol. The van der Waals surface area contributed by atoms with Gasteiger partial charge < -0.3 is 9.47 Å². The molecule has 22 heavy (non-hydrogen) atoms. The van der Waals surface area contributed by atoms with Crippen molar-refractivity contribution in [3.05, 3.63) is 48.0 Å². The minimum Gasteiger partial charge on any atom is -0.465 e. The normalized spacial score (nSPS) is 23.3. The summed E-state index contributed by atoms with van der Waals surface area (Å²) in [6, 6.07) is 9.43. The third-order valence-electron chi connectivity index (χ3n) is 3.43. The average Bonchev–Trinajstić information content (AvgIpc) is 3.19. The fraction of sp³-hybridized carbons (Fsp3) is 0.412. The van der Waals surface area contributed by atoms with Gasteiger partial charge in [0.1, 0.15) is 6.04 Å². The third kappa shape index (κ3) is 4.18. The van der Waals surface area contributed by atoms with Crippen LogP contribution in [0.1, 0.15) is 19.4 Å². The van der Waals surface area contributed by atoms with Crippen LogP contribution in [0.4, 0.5) is 0 Å². The highest BCUT2D eigenvalue weighted by Gasteiger charge is 2.51. The Hall–Kier alpha value is -2.14. The Kier molecular flexibility index (Phi) is 5.72. The molecule has 2 rings (SSSR count). The molecule has 3 unspecified atom stereocenters. The van der Waals surface area contributed by atoms with Crippen LogP contribution >= 0.6 is 0 Å². The molecule has 0 bridgehead atoms. The minimum absolute atomic E-state index is 0.122. The van der Waals surface area contributed by atoms with Gasteiger partial charge in [0.2, 0.25) is 0 Å². The second-order valence-electron chi connectivity index (χ2n) is 4.96. The number of carbonyl (C=O) groups is 2. The lowest BCUT2D eigenvalue weighted by atomic mass is 10.2. The van der Waals surface area contributed by atoms with Gasteiger partial charge in [-0.3, -0.25) is 9.69 Å². The van der Waals surface area contributed by atoms with Gasteiger partial charge in [0.25, 0.3) is 0 Å². The van der Waals surface area contributed by atoms with Crippen molar-refractivity contribution in [2.75, 3.05) is 13.2 Å². The first kappa shape index (κ1) is 16.2. The zero-order valence-electron chi connectivity index (χ0n) is 12.9. The van der Waals surface area contributed by atoms with Crippen LogP contribution in [0, 0.1) is 0 Å². The van der Waals surface area contributed by atoms with E-state index in [-0.39, 0.29) is 18.1 Å². The Bertz CT molecular complexity index is 541. The summed E-state index contributed by atoms with van der Waals surface area (Å²) in [6.07, 6.45) is 3.09. The first-order valence-electron chi connectivity index (χ1n) is 7.48. The van der Waals surface area contributed by atoms with E-state index in [0.29, 0.717) is 19.8 Å². The van der Waals surface area contributed by atoms with Gasteiger partial charge in [-0.2, -0.15) is 0 Å². The summed E-state index contributed by atoms with van der Waals surface area (Å²) in [6.45, 7) is 4.87. The highest BCUT2D eigenvalue weighted by Crippen LogP contribution is 2.32. The van der Waals surface area contributed by atoms with E-state index < -0.39 is 5.97 Å². The molecule has 1 aromatic carbocycles. The molecule has 3 atom stereocenters. The van der Waals surface area contributed by atoms with Crippen molar-refractivity contribution in [3.8, 4) is 0 Å². The van der Waals surface area contributed by atoms with Crippen LogP contribution in [-0.2, 0) is 25.6 Å². The summed E-state index contributed by atoms with van der Waals surface area (Å²) in [5.41, 5.74) is 1.11. The van der Waals surface area contributed by atoms with Gasteiger partial charge in [0.05, 0.1) is 19.3 Å². The number of nitrogens with zero attached hydrogens (tertiary/aromatic N) is 1. The van der Waals surface area contributed by atoms with Crippen molar-refractivity contribution in [1.29, 1.82) is 0 Å². The van der Waals surface area contributed by atoms with E-state index in [1.54, 1.807) is 19.9 Å². The summed E-state index contributed by atoms with van der Waals surface area (Å²) in [5, 5.41) is 0. The molecular weight excluding hydrogens is 282 g/mol. The lowest BCUT2D eigenvalue weighted by Crippen LogP contribution is -2.16. The minimum atomic E-state index is -0.392. The van der Waals surface area contributed by atoms with E-state index in [4.69, 9.17) is 9.47 Å². The van der Waals surface area contributed by atoms with Crippen molar-refractivity contribution < 1.29 is 19.1 Å². The Balaban J connectivity index is 2.01. The zero-order chi connectivity index (χ0) is 15.9. The largest absolute Gasteiger partial charge is 0.465 e. The van der Waals surface area contributed by atoms with E-state index in [2.05, 4.69) is 0 Å². The van der Waals surface area contributed by atoms with Crippen molar-refractivity contribution in [1.82, 2.24) is 4.90 Å². The SMILES string of the molecule is CCOC(=O)/C=C/C1C(C(=O)OCC)N1Cc1ccccc1. The number of hydrogen-bond acceptors (Lipinski definition) is 5. The average molecular weight is 303 g/mol. The summed E-state index contributed by atoms with van der Waals surface area (Å²) >= 11 is 0. The van der Waals surface area contributed by atoms with Crippen LogP contribution in [-0.4, -0.2) is 42.1 Å². The molecule has 0 spiro atoms. The van der Waals surface area contributed by atoms with E-state index in [0.717, 1.165) is 5.56 Å². The first-order chi connectivity index (χ1) is 10.7. The quantitative estimate of drug-likeness (QED) is 0.437. The fourth-order valence-electron chi connectivity index (χ4n) is 2.38. The van der Waals surface area contributed by atoms with Crippen molar-refractivity contribution in [2.24, 2.45) is 0 Å². The predicted octanol–water partition coefficient (Wildman–Crippen LogP) is 1.92. The molecule has 118 valence electrons. The number of hydrogen-bond donors (Lipinski definition) is 0. The monoisotopic (exact) mass is 303 g/mol. The second-order valence-corrected chi connectivity index (χ2v) is 4.96. The van der Waals surface area contributed by atoms with E-state index in [1.807, 2.05) is 35.2 Å². The zero-order valence-corrected chi connectivity index (χ0v) is 12.9. The number of benzene rings is 1. The number of esters is 2. The highest BCUT2D eigenvalue weighted by atomic mass is 16.5. The highest BCUT2D eigenvalue weighted by molar-refractivity contribution is 5.84. The van der Waals surface area contributed by atoms with Gasteiger partial charge in [-0.15, -0.1) is 0 Å². The van der Waals surface area contributed by atoms with Crippen LogP contribution in [0.15, 0.2) is 42.5 Å². The summed E-state index contributed by atoms with van der Waals surface area (Å²) in [4.78, 5) is 25.4. The lowest BCUT2D eigenvalue weighted by Gasteiger charge is -2.03. The smallest absolute Gasteiger partial charge is 0.330 e. The maximum atomic E-state index is 12.0. The molecule has 1 aromatic rings. The van der Waals surface area contributed by atoms with Crippen LogP contribution in [0.25, 0.3) is 0 Å². The van der Waals surface area contributed by atoms with Crippen molar-refractivity contribution >= 4 is 11.9 Å². The molecule has 1 aliphatic rings. The number of carbonyl (C=O) groups excluding carboxylic acids is 2. The van der Waals surface area contributed by atoms with Gasteiger partial charge in [-0.1, -0.05) is 36.4 Å². The van der Waals surface area contributed by atoms with E-state index in [9.17, 15) is 9.59 Å². The Labute approximate surface area is 130 Å². The van der Waals surface area contributed by atoms with Crippen molar-refractivity contribution in [2.45, 2.75) is 32.5 Å². The lowest BCUT2D eigenvalue weighted by molar-refractivity contribution is -0.143. The van der Waals surface area contributed by atoms with Crippen LogP contribution < -0.4 is 0 Å². The molecule has 0 aromatic heterocycles. The standard InChI is InChI=1S/C17H21NO4/c1-3-21-15(19)11-10-14-16(17(20)22-4-2)18(14)12-13-8-6-5-7-9-13/h5-11,14,16H,3-4,12H2,1-2H3/b11-10+. The van der Waals surface area contributed by atoms with Crippen LogP contribution in [0.3, 0.4) is 0 Å². The Morgan fingerprint density at radius 2 is 1.82 bits per heavy atom. The Morgan fingerprint density at radius 1 is 1.14 bits per heavy atom. The molecule has 1 fully saturated rings. The first-order valence-corrected chi connectivity index (χ1v) is 7.48. The molecule has 1 aliphatic heterocycles. The van der Waals surface area contributed by atoms with E-state index in [1.165, 1.54) is 6.08 Å². The third-order valence-corrected chi connectivity index (χ3v) is 3.43. The molecular formula is C17H21NO4. The molecule has 0 saturated carbocycles. The van der Waals surface area contributed by atoms with Gasteiger partial charge in [-0.25, -0.2) is 4.79 Å². The molecule has 0 aliphatic carbocycles. The molecule has 5 nitrogen and oxygen atoms in total. The topological polar surface area (TPSA) is 55.6 Å². The fourth-order valence-corrected chi connectivity index (χ4v) is 2.38. The Morgan fingerprint density at radius 3 is 2.45 bits per heavy atom. The van der Waals surface area contributed by atoms with Gasteiger partial charge in [-0.05, 0) is 19.4 Å². The number of ether oxygens (including phenoxy) is 2. The molecule has 5 heteroatoms. The van der Waals surface area contributed by atoms with Crippen molar-refractivity contribution in [3.63, 3.8) is 0 Å². The van der Waals surface area contributed by atoms with Crippen LogP contribution in [0.2, 0.25) is 0 Å². The molecule has 0 amide bonds. The molecule has 0 radical (unpaired) electrons. The van der Waals surface area contributed by atoms with Gasteiger partial charge in [0.15, 0.2) is 0 Å². The molecule has 0 N–H and O–H groups in total. The summed E-state index contributed by atoms with van der Waals surface area (Å²) < 4.78 is 9.94. The second kappa shape index (κ2) is 7.75.